The van der Waals surface area contributed by atoms with Gasteiger partial charge in [0.05, 0.1) is 19.1 Å². The zero-order valence-electron chi connectivity index (χ0n) is 11.0. The molecule has 0 aromatic heterocycles. The maximum Gasteiger partial charge on any atom is 0.224 e. The van der Waals surface area contributed by atoms with Crippen LogP contribution >= 0.6 is 0 Å². The molecule has 0 radical (unpaired) electrons. The van der Waals surface area contributed by atoms with E-state index in [1.807, 2.05) is 14.0 Å². The fourth-order valence-corrected chi connectivity index (χ4v) is 1.98. The van der Waals surface area contributed by atoms with Gasteiger partial charge in [-0.05, 0) is 13.5 Å². The van der Waals surface area contributed by atoms with Crippen LogP contribution in [0, 0.1) is 5.92 Å². The van der Waals surface area contributed by atoms with E-state index in [-0.39, 0.29) is 11.8 Å². The number of hydrogen-bond donors (Lipinski definition) is 2. The van der Waals surface area contributed by atoms with Crippen molar-refractivity contribution in [3.63, 3.8) is 0 Å². The lowest BCUT2D eigenvalue weighted by Crippen LogP contribution is -2.43. The number of nitrogens with zero attached hydrogens (tertiary/aromatic N) is 1. The molecule has 1 rings (SSSR count). The summed E-state index contributed by atoms with van der Waals surface area (Å²) in [5.41, 5.74) is 0. The standard InChI is InChI=1S/C12H25N3O2/c1-3-11(10-13-2)12(16)14-4-5-15-6-8-17-9-7-15/h11,13H,3-10H2,1-2H3,(H,14,16). The van der Waals surface area contributed by atoms with Gasteiger partial charge in [0.25, 0.3) is 0 Å². The van der Waals surface area contributed by atoms with Crippen molar-refractivity contribution >= 4 is 5.91 Å². The molecular weight excluding hydrogens is 218 g/mol. The number of carbonyl (C=O) groups excluding carboxylic acids is 1. The molecule has 0 spiro atoms. The first kappa shape index (κ1) is 14.4. The normalized spacial score (nSPS) is 18.9. The third kappa shape index (κ3) is 5.48. The minimum Gasteiger partial charge on any atom is -0.379 e. The fraction of sp³-hybridized carbons (Fsp3) is 0.917. The van der Waals surface area contributed by atoms with Crippen LogP contribution in [0.4, 0.5) is 0 Å². The minimum atomic E-state index is 0.0877. The Morgan fingerprint density at radius 1 is 1.41 bits per heavy atom. The van der Waals surface area contributed by atoms with E-state index in [2.05, 4.69) is 15.5 Å². The summed E-state index contributed by atoms with van der Waals surface area (Å²) in [6.07, 6.45) is 0.879. The first-order valence-corrected chi connectivity index (χ1v) is 6.50. The van der Waals surface area contributed by atoms with Crippen LogP contribution in [0.1, 0.15) is 13.3 Å². The summed E-state index contributed by atoms with van der Waals surface area (Å²) in [6, 6.07) is 0. The van der Waals surface area contributed by atoms with Crippen LogP contribution in [0.2, 0.25) is 0 Å². The van der Waals surface area contributed by atoms with Crippen molar-refractivity contribution < 1.29 is 9.53 Å². The van der Waals surface area contributed by atoms with Crippen molar-refractivity contribution in [3.8, 4) is 0 Å². The van der Waals surface area contributed by atoms with Gasteiger partial charge in [-0.15, -0.1) is 0 Å². The van der Waals surface area contributed by atoms with Crippen LogP contribution in [0.15, 0.2) is 0 Å². The predicted molar refractivity (Wildman–Crippen MR) is 68.0 cm³/mol. The Balaban J connectivity index is 2.13. The number of carbonyl (C=O) groups is 1. The zero-order chi connectivity index (χ0) is 12.5. The van der Waals surface area contributed by atoms with Crippen LogP contribution in [0.3, 0.4) is 0 Å². The van der Waals surface area contributed by atoms with Crippen LogP contribution in [0.25, 0.3) is 0 Å². The Morgan fingerprint density at radius 2 is 2.12 bits per heavy atom. The van der Waals surface area contributed by atoms with E-state index < -0.39 is 0 Å². The van der Waals surface area contributed by atoms with Crippen molar-refractivity contribution in [2.75, 3.05) is 53.0 Å². The molecule has 100 valence electrons. The predicted octanol–water partition coefficient (Wildman–Crippen LogP) is -0.320. The van der Waals surface area contributed by atoms with Gasteiger partial charge < -0.3 is 15.4 Å². The average Bonchev–Trinajstić information content (AvgIpc) is 2.37. The van der Waals surface area contributed by atoms with Crippen LogP contribution < -0.4 is 10.6 Å². The Hall–Kier alpha value is -0.650. The number of nitrogens with one attached hydrogen (secondary N) is 2. The topological polar surface area (TPSA) is 53.6 Å². The molecular formula is C12H25N3O2. The van der Waals surface area contributed by atoms with Gasteiger partial charge in [0.1, 0.15) is 0 Å². The van der Waals surface area contributed by atoms with Gasteiger partial charge >= 0.3 is 0 Å². The number of hydrogen-bond acceptors (Lipinski definition) is 4. The Labute approximate surface area is 104 Å². The van der Waals surface area contributed by atoms with E-state index in [9.17, 15) is 4.79 Å². The summed E-state index contributed by atoms with van der Waals surface area (Å²) in [5, 5.41) is 6.06. The van der Waals surface area contributed by atoms with Gasteiger partial charge in [0.15, 0.2) is 0 Å². The molecule has 0 bridgehead atoms. The minimum absolute atomic E-state index is 0.0877. The van der Waals surface area contributed by atoms with Crippen LogP contribution in [-0.2, 0) is 9.53 Å². The van der Waals surface area contributed by atoms with Gasteiger partial charge in [0.2, 0.25) is 5.91 Å². The van der Waals surface area contributed by atoms with Crippen molar-refractivity contribution in [2.24, 2.45) is 5.92 Å². The van der Waals surface area contributed by atoms with Gasteiger partial charge in [-0.25, -0.2) is 0 Å². The van der Waals surface area contributed by atoms with E-state index in [1.165, 1.54) is 0 Å². The molecule has 1 aliphatic rings. The zero-order valence-corrected chi connectivity index (χ0v) is 11.0. The van der Waals surface area contributed by atoms with Gasteiger partial charge in [-0.1, -0.05) is 6.92 Å². The fourth-order valence-electron chi connectivity index (χ4n) is 1.98. The first-order chi connectivity index (χ1) is 8.27. The molecule has 5 heteroatoms. The molecule has 0 saturated carbocycles. The molecule has 0 aromatic carbocycles. The van der Waals surface area contributed by atoms with E-state index in [0.717, 1.165) is 52.4 Å². The van der Waals surface area contributed by atoms with Gasteiger partial charge in [-0.3, -0.25) is 9.69 Å². The number of amides is 1. The van der Waals surface area contributed by atoms with E-state index in [4.69, 9.17) is 4.74 Å². The maximum atomic E-state index is 11.8. The van der Waals surface area contributed by atoms with Crippen molar-refractivity contribution in [1.29, 1.82) is 0 Å². The molecule has 1 atom stereocenters. The third-order valence-electron chi connectivity index (χ3n) is 3.15. The molecule has 0 aromatic rings. The van der Waals surface area contributed by atoms with Gasteiger partial charge in [-0.2, -0.15) is 0 Å². The highest BCUT2D eigenvalue weighted by Crippen LogP contribution is 2.00. The molecule has 5 nitrogen and oxygen atoms in total. The molecule has 2 N–H and O–H groups in total. The average molecular weight is 243 g/mol. The van der Waals surface area contributed by atoms with Crippen LogP contribution in [0.5, 0.6) is 0 Å². The number of morpholine rings is 1. The monoisotopic (exact) mass is 243 g/mol. The summed E-state index contributed by atoms with van der Waals surface area (Å²) >= 11 is 0. The highest BCUT2D eigenvalue weighted by molar-refractivity contribution is 5.78. The lowest BCUT2D eigenvalue weighted by Gasteiger charge is -2.26. The summed E-state index contributed by atoms with van der Waals surface area (Å²) in [4.78, 5) is 14.1. The molecule has 1 heterocycles. The Morgan fingerprint density at radius 3 is 2.71 bits per heavy atom. The Kier molecular flexibility index (Phi) is 7.16. The summed E-state index contributed by atoms with van der Waals surface area (Å²) < 4.78 is 5.28. The molecule has 1 amide bonds. The van der Waals surface area contributed by atoms with E-state index in [1.54, 1.807) is 0 Å². The quantitative estimate of drug-likeness (QED) is 0.643. The highest BCUT2D eigenvalue weighted by Gasteiger charge is 2.15. The number of ether oxygens (including phenoxy) is 1. The second kappa shape index (κ2) is 8.44. The molecule has 0 aliphatic carbocycles. The third-order valence-corrected chi connectivity index (χ3v) is 3.15. The second-order valence-electron chi connectivity index (χ2n) is 4.41. The van der Waals surface area contributed by atoms with Crippen molar-refractivity contribution in [2.45, 2.75) is 13.3 Å². The van der Waals surface area contributed by atoms with Crippen molar-refractivity contribution in [3.05, 3.63) is 0 Å². The summed E-state index contributed by atoms with van der Waals surface area (Å²) in [7, 11) is 1.88. The molecule has 1 aliphatic heterocycles. The first-order valence-electron chi connectivity index (χ1n) is 6.50. The van der Waals surface area contributed by atoms with Crippen LogP contribution in [-0.4, -0.2) is 63.8 Å². The second-order valence-corrected chi connectivity index (χ2v) is 4.41. The summed E-state index contributed by atoms with van der Waals surface area (Å²) in [6.45, 7) is 8.03. The number of rotatable bonds is 7. The lowest BCUT2D eigenvalue weighted by molar-refractivity contribution is -0.125. The smallest absolute Gasteiger partial charge is 0.224 e. The van der Waals surface area contributed by atoms with Crippen molar-refractivity contribution in [1.82, 2.24) is 15.5 Å². The Bertz CT molecular complexity index is 218. The van der Waals surface area contributed by atoms with E-state index >= 15 is 0 Å². The maximum absolute atomic E-state index is 11.8. The molecule has 1 fully saturated rings. The molecule has 1 saturated heterocycles. The highest BCUT2D eigenvalue weighted by atomic mass is 16.5. The van der Waals surface area contributed by atoms with Gasteiger partial charge in [0, 0.05) is 32.7 Å². The SMILES string of the molecule is CCC(CNC)C(=O)NCCN1CCOCC1. The summed E-state index contributed by atoms with van der Waals surface area (Å²) in [5.74, 6) is 0.250. The molecule has 17 heavy (non-hydrogen) atoms. The molecule has 1 unspecified atom stereocenters. The lowest BCUT2D eigenvalue weighted by atomic mass is 10.1. The largest absolute Gasteiger partial charge is 0.379 e. The van der Waals surface area contributed by atoms with E-state index in [0.29, 0.717) is 0 Å².